The fraction of sp³-hybridized carbons (Fsp3) is 0.562. The number of rotatable bonds is 4. The standard InChI is InChI=1S/C16H22N2O4S/c1-12-16(19)17-7-2-8-18(12)23(20,21)10-6-13-3-4-15-14(11-13)5-9-22-15/h3-4,11-12H,2,5-10H2,1H3,(H,17,19). The quantitative estimate of drug-likeness (QED) is 0.877. The minimum Gasteiger partial charge on any atom is -0.493 e. The van der Waals surface area contributed by atoms with E-state index in [9.17, 15) is 13.2 Å². The van der Waals surface area contributed by atoms with Crippen LogP contribution >= 0.6 is 0 Å². The van der Waals surface area contributed by atoms with Gasteiger partial charge in [0, 0.05) is 19.5 Å². The van der Waals surface area contributed by atoms with Crippen molar-refractivity contribution in [1.82, 2.24) is 9.62 Å². The second-order valence-corrected chi connectivity index (χ2v) is 8.08. The van der Waals surface area contributed by atoms with Crippen molar-refractivity contribution >= 4 is 15.9 Å². The monoisotopic (exact) mass is 338 g/mol. The van der Waals surface area contributed by atoms with Crippen LogP contribution in [0.3, 0.4) is 0 Å². The van der Waals surface area contributed by atoms with Crippen LogP contribution < -0.4 is 10.1 Å². The lowest BCUT2D eigenvalue weighted by atomic mass is 10.1. The molecule has 1 atom stereocenters. The van der Waals surface area contributed by atoms with Crippen LogP contribution in [0.25, 0.3) is 0 Å². The van der Waals surface area contributed by atoms with Gasteiger partial charge in [-0.25, -0.2) is 8.42 Å². The number of fused-ring (bicyclic) bond motifs is 1. The Balaban J connectivity index is 1.69. The number of hydrogen-bond acceptors (Lipinski definition) is 4. The van der Waals surface area contributed by atoms with E-state index in [2.05, 4.69) is 5.32 Å². The molecule has 2 aliphatic rings. The van der Waals surface area contributed by atoms with Crippen LogP contribution in [0.2, 0.25) is 0 Å². The van der Waals surface area contributed by atoms with Gasteiger partial charge in [-0.05, 0) is 37.0 Å². The molecule has 2 aliphatic heterocycles. The number of ether oxygens (including phenoxy) is 1. The van der Waals surface area contributed by atoms with Gasteiger partial charge in [-0.1, -0.05) is 12.1 Å². The number of benzene rings is 1. The second-order valence-electron chi connectivity index (χ2n) is 6.04. The van der Waals surface area contributed by atoms with Crippen molar-refractivity contribution in [3.8, 4) is 5.75 Å². The van der Waals surface area contributed by atoms with E-state index >= 15 is 0 Å². The maximum Gasteiger partial charge on any atom is 0.238 e. The molecular weight excluding hydrogens is 316 g/mol. The van der Waals surface area contributed by atoms with Gasteiger partial charge >= 0.3 is 0 Å². The summed E-state index contributed by atoms with van der Waals surface area (Å²) in [5, 5.41) is 2.74. The Kier molecular flexibility index (Phi) is 4.59. The number of nitrogens with zero attached hydrogens (tertiary/aromatic N) is 1. The zero-order valence-corrected chi connectivity index (χ0v) is 14.1. The van der Waals surface area contributed by atoms with Gasteiger partial charge in [0.2, 0.25) is 15.9 Å². The number of amides is 1. The average molecular weight is 338 g/mol. The van der Waals surface area contributed by atoms with Crippen LogP contribution in [0.1, 0.15) is 24.5 Å². The van der Waals surface area contributed by atoms with Crippen molar-refractivity contribution in [2.45, 2.75) is 32.2 Å². The van der Waals surface area contributed by atoms with E-state index in [0.717, 1.165) is 23.3 Å². The predicted octanol–water partition coefficient (Wildman–Crippen LogP) is 0.704. The first-order valence-corrected chi connectivity index (χ1v) is 9.60. The van der Waals surface area contributed by atoms with E-state index in [1.54, 1.807) is 6.92 Å². The molecule has 126 valence electrons. The summed E-state index contributed by atoms with van der Waals surface area (Å²) in [6.07, 6.45) is 1.96. The summed E-state index contributed by atoms with van der Waals surface area (Å²) in [6.45, 7) is 3.25. The first-order valence-electron chi connectivity index (χ1n) is 7.99. The third kappa shape index (κ3) is 3.50. The van der Waals surface area contributed by atoms with Crippen LogP contribution in [0.4, 0.5) is 0 Å². The average Bonchev–Trinajstić information content (AvgIpc) is 2.92. The zero-order chi connectivity index (χ0) is 16.4. The molecule has 1 aromatic rings. The van der Waals surface area contributed by atoms with Gasteiger partial charge in [-0.3, -0.25) is 4.79 Å². The summed E-state index contributed by atoms with van der Waals surface area (Å²) in [4.78, 5) is 11.8. The third-order valence-electron chi connectivity index (χ3n) is 4.43. The van der Waals surface area contributed by atoms with Gasteiger partial charge < -0.3 is 10.1 Å². The first kappa shape index (κ1) is 16.3. The van der Waals surface area contributed by atoms with Crippen LogP contribution in [0.15, 0.2) is 18.2 Å². The van der Waals surface area contributed by atoms with Crippen molar-refractivity contribution in [2.24, 2.45) is 0 Å². The third-order valence-corrected chi connectivity index (χ3v) is 6.36. The van der Waals surface area contributed by atoms with Gasteiger partial charge in [0.25, 0.3) is 0 Å². The molecule has 6 nitrogen and oxygen atoms in total. The van der Waals surface area contributed by atoms with Gasteiger partial charge in [0.1, 0.15) is 11.8 Å². The molecule has 1 fully saturated rings. The molecule has 0 bridgehead atoms. The van der Waals surface area contributed by atoms with E-state index in [-0.39, 0.29) is 11.7 Å². The molecule has 0 saturated carbocycles. The number of sulfonamides is 1. The predicted molar refractivity (Wildman–Crippen MR) is 86.9 cm³/mol. The lowest BCUT2D eigenvalue weighted by Gasteiger charge is -2.24. The molecule has 3 rings (SSSR count). The molecule has 1 unspecified atom stereocenters. The summed E-state index contributed by atoms with van der Waals surface area (Å²) in [7, 11) is -3.46. The van der Waals surface area contributed by atoms with E-state index in [0.29, 0.717) is 32.5 Å². The maximum absolute atomic E-state index is 12.6. The van der Waals surface area contributed by atoms with E-state index in [1.807, 2.05) is 18.2 Å². The van der Waals surface area contributed by atoms with Gasteiger partial charge in [-0.15, -0.1) is 0 Å². The number of nitrogens with one attached hydrogen (secondary N) is 1. The Bertz CT molecular complexity index is 702. The van der Waals surface area contributed by atoms with Crippen molar-refractivity contribution in [3.63, 3.8) is 0 Å². The largest absolute Gasteiger partial charge is 0.493 e. The molecule has 1 N–H and O–H groups in total. The first-order chi connectivity index (χ1) is 11.0. The molecule has 0 spiro atoms. The minimum absolute atomic E-state index is 0.0181. The van der Waals surface area contributed by atoms with Gasteiger partial charge in [-0.2, -0.15) is 4.31 Å². The fourth-order valence-electron chi connectivity index (χ4n) is 3.06. The van der Waals surface area contributed by atoms with Crippen molar-refractivity contribution < 1.29 is 17.9 Å². The molecule has 2 heterocycles. The smallest absolute Gasteiger partial charge is 0.238 e. The lowest BCUT2D eigenvalue weighted by Crippen LogP contribution is -2.46. The Morgan fingerprint density at radius 1 is 1.39 bits per heavy atom. The molecule has 0 aliphatic carbocycles. The summed E-state index contributed by atoms with van der Waals surface area (Å²) < 4.78 is 32.0. The lowest BCUT2D eigenvalue weighted by molar-refractivity contribution is -0.123. The Morgan fingerprint density at radius 2 is 2.22 bits per heavy atom. The van der Waals surface area contributed by atoms with Gasteiger partial charge in [0.05, 0.1) is 12.4 Å². The number of aryl methyl sites for hydroxylation is 1. The van der Waals surface area contributed by atoms with Crippen LogP contribution in [0, 0.1) is 0 Å². The van der Waals surface area contributed by atoms with E-state index < -0.39 is 16.1 Å². The number of hydrogen-bond donors (Lipinski definition) is 1. The van der Waals surface area contributed by atoms with Crippen molar-refractivity contribution in [2.75, 3.05) is 25.4 Å². The fourth-order valence-corrected chi connectivity index (χ4v) is 4.77. The molecule has 23 heavy (non-hydrogen) atoms. The summed E-state index contributed by atoms with van der Waals surface area (Å²) >= 11 is 0. The molecule has 1 amide bonds. The highest BCUT2D eigenvalue weighted by atomic mass is 32.2. The van der Waals surface area contributed by atoms with Gasteiger partial charge in [0.15, 0.2) is 0 Å². The normalized spacial score (nSPS) is 22.1. The molecule has 1 saturated heterocycles. The minimum atomic E-state index is -3.46. The SMILES string of the molecule is CC1C(=O)NCCCN1S(=O)(=O)CCc1ccc2c(c1)CCO2. The highest BCUT2D eigenvalue weighted by Gasteiger charge is 2.32. The molecule has 0 radical (unpaired) electrons. The van der Waals surface area contributed by atoms with Crippen molar-refractivity contribution in [3.05, 3.63) is 29.3 Å². The summed E-state index contributed by atoms with van der Waals surface area (Å²) in [6, 6.07) is 5.21. The number of carbonyl (C=O) groups excluding carboxylic acids is 1. The van der Waals surface area contributed by atoms with Crippen molar-refractivity contribution in [1.29, 1.82) is 0 Å². The number of carbonyl (C=O) groups is 1. The topological polar surface area (TPSA) is 75.7 Å². The highest BCUT2D eigenvalue weighted by Crippen LogP contribution is 2.26. The van der Waals surface area contributed by atoms with E-state index in [4.69, 9.17) is 4.74 Å². The molecule has 0 aromatic heterocycles. The molecule has 1 aromatic carbocycles. The second kappa shape index (κ2) is 6.49. The Hall–Kier alpha value is -1.60. The Morgan fingerprint density at radius 3 is 3.04 bits per heavy atom. The summed E-state index contributed by atoms with van der Waals surface area (Å²) in [5.74, 6) is 0.694. The maximum atomic E-state index is 12.6. The van der Waals surface area contributed by atoms with Crippen LogP contribution in [-0.4, -0.2) is 50.1 Å². The molecule has 7 heteroatoms. The Labute approximate surface area is 136 Å². The van der Waals surface area contributed by atoms with Crippen LogP contribution in [-0.2, 0) is 27.7 Å². The molecular formula is C16H22N2O4S. The summed E-state index contributed by atoms with van der Waals surface area (Å²) in [5.41, 5.74) is 2.13. The van der Waals surface area contributed by atoms with Crippen LogP contribution in [0.5, 0.6) is 5.75 Å². The highest BCUT2D eigenvalue weighted by molar-refractivity contribution is 7.89. The van der Waals surface area contributed by atoms with E-state index in [1.165, 1.54) is 4.31 Å². The zero-order valence-electron chi connectivity index (χ0n) is 13.2.